The van der Waals surface area contributed by atoms with Gasteiger partial charge in [-0.05, 0) is 67.7 Å². The minimum Gasteiger partial charge on any atom is -0.382 e. The molecule has 0 radical (unpaired) electrons. The molecule has 9 heteroatoms. The molecule has 0 amide bonds. The molecule has 202 valence electrons. The van der Waals surface area contributed by atoms with Gasteiger partial charge in [0.25, 0.3) is 0 Å². The van der Waals surface area contributed by atoms with E-state index in [0.29, 0.717) is 17.4 Å². The maximum Gasteiger partial charge on any atom is 0.167 e. The predicted octanol–water partition coefficient (Wildman–Crippen LogP) is 4.99. The first-order valence-corrected chi connectivity index (χ1v) is 14.1. The highest BCUT2D eigenvalue weighted by Gasteiger charge is 2.36. The van der Waals surface area contributed by atoms with Gasteiger partial charge in [0.05, 0.1) is 23.5 Å². The lowest BCUT2D eigenvalue weighted by atomic mass is 9.76. The van der Waals surface area contributed by atoms with Crippen LogP contribution in [0.25, 0.3) is 22.2 Å². The number of fused-ring (bicyclic) bond motifs is 2. The smallest absolute Gasteiger partial charge is 0.167 e. The zero-order chi connectivity index (χ0) is 26.4. The number of anilines is 1. The summed E-state index contributed by atoms with van der Waals surface area (Å²) in [6.45, 7) is 11.1. The Hall–Kier alpha value is -3.04. The quantitative estimate of drug-likeness (QED) is 0.339. The Morgan fingerprint density at radius 3 is 2.79 bits per heavy atom. The fraction of sp³-hybridized carbons (Fsp3) is 0.586. The number of nitrogens with two attached hydrogens (primary N) is 1. The summed E-state index contributed by atoms with van der Waals surface area (Å²) in [4.78, 5) is 23.9. The number of nitrogens with one attached hydrogen (secondary N) is 1. The van der Waals surface area contributed by atoms with Gasteiger partial charge < -0.3 is 15.5 Å². The molecule has 6 rings (SSSR count). The lowest BCUT2D eigenvalue weighted by Gasteiger charge is -2.43. The first kappa shape index (κ1) is 25.2. The van der Waals surface area contributed by atoms with Crippen molar-refractivity contribution in [3.05, 3.63) is 42.2 Å². The summed E-state index contributed by atoms with van der Waals surface area (Å²) in [5.74, 6) is 2.30. The van der Waals surface area contributed by atoms with Crippen LogP contribution in [0.1, 0.15) is 77.4 Å². The Kier molecular flexibility index (Phi) is 6.60. The van der Waals surface area contributed by atoms with E-state index < -0.39 is 0 Å². The minimum atomic E-state index is -0.0459. The summed E-state index contributed by atoms with van der Waals surface area (Å²) in [5.41, 5.74) is 11.1. The van der Waals surface area contributed by atoms with Crippen molar-refractivity contribution in [3.63, 3.8) is 0 Å². The van der Waals surface area contributed by atoms with Gasteiger partial charge in [0.1, 0.15) is 23.9 Å². The topological polar surface area (TPSA) is 111 Å². The fourth-order valence-corrected chi connectivity index (χ4v) is 6.13. The van der Waals surface area contributed by atoms with Crippen LogP contribution in [0.2, 0.25) is 0 Å². The van der Waals surface area contributed by atoms with E-state index in [2.05, 4.69) is 70.7 Å². The number of hydrogen-bond donors (Lipinski definition) is 2. The summed E-state index contributed by atoms with van der Waals surface area (Å²) >= 11 is 0. The predicted molar refractivity (Wildman–Crippen MR) is 150 cm³/mol. The molecule has 2 unspecified atom stereocenters. The minimum absolute atomic E-state index is 0.0459. The van der Waals surface area contributed by atoms with Gasteiger partial charge in [-0.15, -0.1) is 0 Å². The number of aryl methyl sites for hydroxylation is 1. The average Bonchev–Trinajstić information content (AvgIpc) is 3.59. The maximum absolute atomic E-state index is 6.46. The van der Waals surface area contributed by atoms with Crippen LogP contribution in [-0.4, -0.2) is 59.6 Å². The highest BCUT2D eigenvalue weighted by molar-refractivity contribution is 5.81. The largest absolute Gasteiger partial charge is 0.382 e. The lowest BCUT2D eigenvalue weighted by Crippen LogP contribution is -2.47. The SMILES string of the molecule is CCN(CC1CCC(n2cnc3c(N)ncnc32)O1)C1CC(CCc2nc3ccc(C(C)(C)C)cc3[nH]2)C1. The van der Waals surface area contributed by atoms with Gasteiger partial charge in [-0.1, -0.05) is 33.8 Å². The molecule has 1 saturated carbocycles. The van der Waals surface area contributed by atoms with E-state index in [1.807, 2.05) is 4.57 Å². The number of nitrogen functional groups attached to an aromatic ring is 1. The molecule has 3 N–H and O–H groups in total. The molecular weight excluding hydrogens is 476 g/mol. The van der Waals surface area contributed by atoms with Crippen molar-refractivity contribution in [3.8, 4) is 0 Å². The van der Waals surface area contributed by atoms with Gasteiger partial charge in [-0.3, -0.25) is 9.47 Å². The molecule has 0 bridgehead atoms. The number of rotatable bonds is 8. The van der Waals surface area contributed by atoms with Crippen LogP contribution in [0, 0.1) is 5.92 Å². The van der Waals surface area contributed by atoms with Crippen molar-refractivity contribution in [2.75, 3.05) is 18.8 Å². The van der Waals surface area contributed by atoms with E-state index in [1.165, 1.54) is 31.2 Å². The third-order valence-electron chi connectivity index (χ3n) is 8.54. The lowest BCUT2D eigenvalue weighted by molar-refractivity contribution is -0.0294. The Bertz CT molecular complexity index is 1410. The maximum atomic E-state index is 6.46. The first-order chi connectivity index (χ1) is 18.3. The van der Waals surface area contributed by atoms with Gasteiger partial charge >= 0.3 is 0 Å². The number of aromatic nitrogens is 6. The van der Waals surface area contributed by atoms with E-state index >= 15 is 0 Å². The standard InChI is InChI=1S/C29H40N8O/c1-5-36(15-21-8-11-25(38-21)37-17-33-26-27(30)31-16-32-28(26)37)20-12-18(13-20)6-10-24-34-22-9-7-19(29(2,3)4)14-23(22)35-24/h7,9,14,16-18,20-21,25H,5-6,8,10-13,15H2,1-4H3,(H,34,35)(H2,30,31,32). The number of nitrogens with zero attached hydrogens (tertiary/aromatic N) is 6. The molecule has 2 aliphatic rings. The van der Waals surface area contributed by atoms with Crippen LogP contribution in [-0.2, 0) is 16.6 Å². The summed E-state index contributed by atoms with van der Waals surface area (Å²) in [5, 5.41) is 0. The highest BCUT2D eigenvalue weighted by Crippen LogP contribution is 2.37. The second-order valence-corrected chi connectivity index (χ2v) is 12.2. The summed E-state index contributed by atoms with van der Waals surface area (Å²) in [6.07, 6.45) is 10.2. The van der Waals surface area contributed by atoms with Crippen molar-refractivity contribution < 1.29 is 4.74 Å². The fourth-order valence-electron chi connectivity index (χ4n) is 6.13. The van der Waals surface area contributed by atoms with E-state index in [-0.39, 0.29) is 17.7 Å². The second-order valence-electron chi connectivity index (χ2n) is 12.2. The van der Waals surface area contributed by atoms with E-state index in [9.17, 15) is 0 Å². The normalized spacial score (nSPS) is 24.0. The Balaban J connectivity index is 0.993. The molecule has 2 atom stereocenters. The number of aromatic amines is 1. The van der Waals surface area contributed by atoms with Crippen molar-refractivity contribution in [1.29, 1.82) is 0 Å². The molecule has 1 aliphatic heterocycles. The molecular formula is C29H40N8O. The molecule has 3 aromatic heterocycles. The summed E-state index contributed by atoms with van der Waals surface area (Å²) in [7, 11) is 0. The van der Waals surface area contributed by atoms with Crippen molar-refractivity contribution >= 4 is 28.0 Å². The number of ether oxygens (including phenoxy) is 1. The van der Waals surface area contributed by atoms with Gasteiger partial charge in [-0.25, -0.2) is 19.9 Å². The third-order valence-corrected chi connectivity index (χ3v) is 8.54. The van der Waals surface area contributed by atoms with Crippen LogP contribution in [0.15, 0.2) is 30.9 Å². The van der Waals surface area contributed by atoms with Crippen molar-refractivity contribution in [2.24, 2.45) is 5.92 Å². The summed E-state index contributed by atoms with van der Waals surface area (Å²) in [6, 6.07) is 7.28. The van der Waals surface area contributed by atoms with Crippen LogP contribution in [0.3, 0.4) is 0 Å². The van der Waals surface area contributed by atoms with E-state index in [4.69, 9.17) is 15.5 Å². The van der Waals surface area contributed by atoms with Crippen molar-refractivity contribution in [2.45, 2.75) is 90.0 Å². The number of hydrogen-bond acceptors (Lipinski definition) is 7. The van der Waals surface area contributed by atoms with Crippen molar-refractivity contribution in [1.82, 2.24) is 34.4 Å². The van der Waals surface area contributed by atoms with Gasteiger partial charge in [0.2, 0.25) is 0 Å². The van der Waals surface area contributed by atoms with Crippen LogP contribution >= 0.6 is 0 Å². The molecule has 1 saturated heterocycles. The van der Waals surface area contributed by atoms with Crippen LogP contribution < -0.4 is 5.73 Å². The van der Waals surface area contributed by atoms with E-state index in [1.54, 1.807) is 6.33 Å². The number of benzene rings is 1. The Morgan fingerprint density at radius 2 is 2.00 bits per heavy atom. The highest BCUT2D eigenvalue weighted by atomic mass is 16.5. The molecule has 4 aromatic rings. The second kappa shape index (κ2) is 9.93. The Morgan fingerprint density at radius 1 is 1.16 bits per heavy atom. The van der Waals surface area contributed by atoms with Gasteiger partial charge in [-0.2, -0.15) is 0 Å². The monoisotopic (exact) mass is 516 g/mol. The molecule has 1 aliphatic carbocycles. The molecule has 0 spiro atoms. The first-order valence-electron chi connectivity index (χ1n) is 14.1. The molecule has 9 nitrogen and oxygen atoms in total. The van der Waals surface area contributed by atoms with Crippen LogP contribution in [0.5, 0.6) is 0 Å². The molecule has 38 heavy (non-hydrogen) atoms. The van der Waals surface area contributed by atoms with Crippen LogP contribution in [0.4, 0.5) is 5.82 Å². The molecule has 4 heterocycles. The molecule has 1 aromatic carbocycles. The zero-order valence-corrected chi connectivity index (χ0v) is 23.0. The average molecular weight is 517 g/mol. The van der Waals surface area contributed by atoms with Gasteiger partial charge in [0.15, 0.2) is 11.5 Å². The number of H-pyrrole nitrogens is 1. The number of imidazole rings is 2. The Labute approximate surface area is 224 Å². The summed E-state index contributed by atoms with van der Waals surface area (Å²) < 4.78 is 8.47. The zero-order valence-electron chi connectivity index (χ0n) is 23.0. The molecule has 2 fully saturated rings. The van der Waals surface area contributed by atoms with Gasteiger partial charge in [0, 0.05) is 19.0 Å². The number of likely N-dealkylation sites (N-methyl/N-ethyl adjacent to an activating group) is 1. The van der Waals surface area contributed by atoms with E-state index in [0.717, 1.165) is 60.8 Å². The third kappa shape index (κ3) is 4.89.